The van der Waals surface area contributed by atoms with Crippen LogP contribution in [0.3, 0.4) is 0 Å². The molecule has 1 amide bonds. The summed E-state index contributed by atoms with van der Waals surface area (Å²) >= 11 is 0. The van der Waals surface area contributed by atoms with Crippen LogP contribution >= 0.6 is 0 Å². The van der Waals surface area contributed by atoms with Crippen LogP contribution in [0.15, 0.2) is 53.4 Å². The summed E-state index contributed by atoms with van der Waals surface area (Å²) in [6.45, 7) is -0.167. The van der Waals surface area contributed by atoms with E-state index < -0.39 is 37.4 Å². The smallest absolute Gasteiger partial charge is 0.270 e. The molecule has 158 valence electrons. The number of benzene rings is 2. The van der Waals surface area contributed by atoms with Gasteiger partial charge in [0.25, 0.3) is 5.69 Å². The maximum Gasteiger partial charge on any atom is 0.270 e. The zero-order valence-corrected chi connectivity index (χ0v) is 16.4. The molecular weight excluding hydrogens is 420 g/mol. The molecule has 1 fully saturated rings. The Morgan fingerprint density at radius 2 is 1.63 bits per heavy atom. The van der Waals surface area contributed by atoms with Gasteiger partial charge in [-0.25, -0.2) is 17.2 Å². The van der Waals surface area contributed by atoms with E-state index in [-0.39, 0.29) is 31.9 Å². The average Bonchev–Trinajstić information content (AvgIpc) is 2.72. The van der Waals surface area contributed by atoms with Gasteiger partial charge in [0.05, 0.1) is 4.92 Å². The van der Waals surface area contributed by atoms with Crippen molar-refractivity contribution in [1.29, 1.82) is 0 Å². The van der Waals surface area contributed by atoms with Gasteiger partial charge >= 0.3 is 0 Å². The number of hydrogen-bond donors (Lipinski definition) is 0. The molecule has 0 bridgehead atoms. The van der Waals surface area contributed by atoms with Crippen molar-refractivity contribution in [2.24, 2.45) is 0 Å². The topological polar surface area (TPSA) is 101 Å². The number of piperazine rings is 1. The van der Waals surface area contributed by atoms with Gasteiger partial charge in [-0.15, -0.1) is 0 Å². The number of amides is 1. The second kappa shape index (κ2) is 8.67. The molecule has 1 aliphatic heterocycles. The van der Waals surface area contributed by atoms with E-state index >= 15 is 0 Å². The number of sulfonamides is 1. The number of nitro groups is 1. The Morgan fingerprint density at radius 1 is 1.03 bits per heavy atom. The number of rotatable bonds is 5. The van der Waals surface area contributed by atoms with Crippen molar-refractivity contribution in [3.63, 3.8) is 0 Å². The van der Waals surface area contributed by atoms with Crippen LogP contribution in [0.2, 0.25) is 0 Å². The van der Waals surface area contributed by atoms with Crippen LogP contribution in [0.4, 0.5) is 14.5 Å². The Morgan fingerprint density at radius 3 is 2.23 bits per heavy atom. The summed E-state index contributed by atoms with van der Waals surface area (Å²) in [6, 6.07) is 8.56. The van der Waals surface area contributed by atoms with Crippen molar-refractivity contribution in [3.8, 4) is 0 Å². The lowest BCUT2D eigenvalue weighted by atomic mass is 10.2. The molecule has 3 rings (SSSR count). The van der Waals surface area contributed by atoms with Crippen molar-refractivity contribution in [1.82, 2.24) is 9.21 Å². The molecule has 0 radical (unpaired) electrons. The second-order valence-corrected chi connectivity index (χ2v) is 8.34. The van der Waals surface area contributed by atoms with E-state index in [0.717, 1.165) is 22.5 Å². The third kappa shape index (κ3) is 4.52. The quantitative estimate of drug-likeness (QED) is 0.406. The van der Waals surface area contributed by atoms with Gasteiger partial charge in [0.15, 0.2) is 4.90 Å². The van der Waals surface area contributed by atoms with Crippen molar-refractivity contribution in [3.05, 3.63) is 75.9 Å². The molecule has 1 heterocycles. The van der Waals surface area contributed by atoms with Gasteiger partial charge in [-0.05, 0) is 23.8 Å². The summed E-state index contributed by atoms with van der Waals surface area (Å²) in [5, 5.41) is 10.8. The number of carbonyl (C=O) groups excluding carboxylic acids is 1. The zero-order valence-electron chi connectivity index (χ0n) is 15.6. The molecule has 2 aromatic carbocycles. The van der Waals surface area contributed by atoms with Crippen LogP contribution in [-0.4, -0.2) is 54.6 Å². The van der Waals surface area contributed by atoms with Gasteiger partial charge in [-0.3, -0.25) is 14.9 Å². The molecule has 0 aromatic heterocycles. The minimum absolute atomic E-state index is 0.0351. The summed E-state index contributed by atoms with van der Waals surface area (Å²) in [7, 11) is -4.38. The van der Waals surface area contributed by atoms with Crippen molar-refractivity contribution in [2.75, 3.05) is 26.2 Å². The Kier molecular flexibility index (Phi) is 6.22. The van der Waals surface area contributed by atoms with Gasteiger partial charge in [-0.2, -0.15) is 4.31 Å². The predicted molar refractivity (Wildman–Crippen MR) is 104 cm³/mol. The minimum atomic E-state index is -4.38. The Labute approximate surface area is 171 Å². The highest BCUT2D eigenvalue weighted by atomic mass is 32.2. The average molecular weight is 437 g/mol. The Bertz CT molecular complexity index is 1090. The predicted octanol–water partition coefficient (Wildman–Crippen LogP) is 2.42. The normalized spacial score (nSPS) is 15.5. The fourth-order valence-corrected chi connectivity index (χ4v) is 4.55. The van der Waals surface area contributed by atoms with E-state index in [0.29, 0.717) is 5.56 Å². The molecule has 0 unspecified atom stereocenters. The molecule has 0 saturated carbocycles. The van der Waals surface area contributed by atoms with E-state index in [1.54, 1.807) is 6.07 Å². The number of halogens is 2. The molecule has 0 aliphatic carbocycles. The van der Waals surface area contributed by atoms with Crippen LogP contribution in [0.5, 0.6) is 0 Å². The van der Waals surface area contributed by atoms with Crippen LogP contribution in [0, 0.1) is 21.7 Å². The first-order chi connectivity index (χ1) is 14.2. The van der Waals surface area contributed by atoms with Gasteiger partial charge in [0, 0.05) is 44.4 Å². The van der Waals surface area contributed by atoms with E-state index in [1.807, 2.05) is 0 Å². The summed E-state index contributed by atoms with van der Waals surface area (Å²) in [6.07, 6.45) is 2.66. The van der Waals surface area contributed by atoms with Crippen LogP contribution in [0.1, 0.15) is 5.56 Å². The summed E-state index contributed by atoms with van der Waals surface area (Å²) in [5.74, 6) is -2.75. The maximum absolute atomic E-state index is 13.9. The maximum atomic E-state index is 13.9. The molecular formula is C19H17F2N3O5S. The molecule has 8 nitrogen and oxygen atoms in total. The van der Waals surface area contributed by atoms with E-state index in [9.17, 15) is 32.1 Å². The largest absolute Gasteiger partial charge is 0.337 e. The van der Waals surface area contributed by atoms with Gasteiger partial charge in [0.1, 0.15) is 11.6 Å². The van der Waals surface area contributed by atoms with Crippen LogP contribution in [0.25, 0.3) is 6.08 Å². The minimum Gasteiger partial charge on any atom is -0.337 e. The van der Waals surface area contributed by atoms with Gasteiger partial charge < -0.3 is 4.90 Å². The van der Waals surface area contributed by atoms with Crippen molar-refractivity contribution >= 4 is 27.7 Å². The fourth-order valence-electron chi connectivity index (χ4n) is 3.02. The molecule has 0 atom stereocenters. The van der Waals surface area contributed by atoms with E-state index in [4.69, 9.17) is 0 Å². The van der Waals surface area contributed by atoms with Gasteiger partial charge in [-0.1, -0.05) is 18.2 Å². The number of non-ortho nitro benzene ring substituents is 1. The van der Waals surface area contributed by atoms with Crippen molar-refractivity contribution in [2.45, 2.75) is 4.90 Å². The van der Waals surface area contributed by atoms with Gasteiger partial charge in [0.2, 0.25) is 15.9 Å². The van der Waals surface area contributed by atoms with E-state index in [1.165, 1.54) is 35.3 Å². The summed E-state index contributed by atoms with van der Waals surface area (Å²) in [4.78, 5) is 23.0. The van der Waals surface area contributed by atoms with Crippen LogP contribution < -0.4 is 0 Å². The highest BCUT2D eigenvalue weighted by Gasteiger charge is 2.33. The second-order valence-electron chi connectivity index (χ2n) is 6.47. The highest BCUT2D eigenvalue weighted by molar-refractivity contribution is 7.89. The third-order valence-electron chi connectivity index (χ3n) is 4.57. The fraction of sp³-hybridized carbons (Fsp3) is 0.211. The zero-order chi connectivity index (χ0) is 21.9. The lowest BCUT2D eigenvalue weighted by Crippen LogP contribution is -2.50. The summed E-state index contributed by atoms with van der Waals surface area (Å²) in [5.41, 5.74) is 0.359. The first kappa shape index (κ1) is 21.5. The molecule has 2 aromatic rings. The van der Waals surface area contributed by atoms with Crippen molar-refractivity contribution < 1.29 is 26.9 Å². The monoisotopic (exact) mass is 437 g/mol. The Hall–Kier alpha value is -3.18. The SMILES string of the molecule is O=C(C=Cc1cccc([N+](=O)[O-])c1)N1CCN(S(=O)(=O)c2c(F)cccc2F)CC1. The lowest BCUT2D eigenvalue weighted by molar-refractivity contribution is -0.384. The summed E-state index contributed by atoms with van der Waals surface area (Å²) < 4.78 is 53.9. The standard InChI is InChI=1S/C19H17F2N3O5S/c20-16-5-2-6-17(21)19(16)30(28,29)23-11-9-22(10-12-23)18(25)8-7-14-3-1-4-15(13-14)24(26)27/h1-8,13H,9-12H2. The number of hydrogen-bond acceptors (Lipinski definition) is 5. The molecule has 0 spiro atoms. The third-order valence-corrected chi connectivity index (χ3v) is 6.52. The molecule has 30 heavy (non-hydrogen) atoms. The first-order valence-corrected chi connectivity index (χ1v) is 10.3. The molecule has 0 N–H and O–H groups in total. The molecule has 1 saturated heterocycles. The lowest BCUT2D eigenvalue weighted by Gasteiger charge is -2.33. The van der Waals surface area contributed by atoms with Crippen LogP contribution in [-0.2, 0) is 14.8 Å². The molecule has 11 heteroatoms. The number of nitro benzene ring substituents is 1. The Balaban J connectivity index is 1.66. The first-order valence-electron chi connectivity index (χ1n) is 8.86. The number of nitrogens with zero attached hydrogens (tertiary/aromatic N) is 3. The number of carbonyl (C=O) groups is 1. The highest BCUT2D eigenvalue weighted by Crippen LogP contribution is 2.23. The van der Waals surface area contributed by atoms with E-state index in [2.05, 4.69) is 0 Å². The molecule has 1 aliphatic rings.